The van der Waals surface area contributed by atoms with Gasteiger partial charge in [-0.25, -0.2) is 0 Å². The minimum Gasteiger partial charge on any atom is -0.303 e. The van der Waals surface area contributed by atoms with Crippen LogP contribution in [-0.4, -0.2) is 29.5 Å². The summed E-state index contributed by atoms with van der Waals surface area (Å²) in [4.78, 5) is 6.82. The number of fused-ring (bicyclic) bond motifs is 3. The van der Waals surface area contributed by atoms with Crippen LogP contribution < -0.4 is 0 Å². The highest BCUT2D eigenvalue weighted by Gasteiger charge is 2.34. The van der Waals surface area contributed by atoms with E-state index in [1.54, 1.807) is 0 Å². The number of aromatic nitrogens is 1. The Labute approximate surface area is 85.0 Å². The molecule has 14 heavy (non-hydrogen) atoms. The van der Waals surface area contributed by atoms with E-state index in [4.69, 9.17) is 0 Å². The van der Waals surface area contributed by atoms with E-state index in [9.17, 15) is 0 Å². The van der Waals surface area contributed by atoms with Crippen molar-refractivity contribution in [1.29, 1.82) is 0 Å². The molecule has 3 aliphatic rings. The molecule has 0 N–H and O–H groups in total. The van der Waals surface area contributed by atoms with Crippen molar-refractivity contribution in [3.8, 4) is 0 Å². The van der Waals surface area contributed by atoms with E-state index in [-0.39, 0.29) is 0 Å². The van der Waals surface area contributed by atoms with E-state index in [0.717, 1.165) is 11.8 Å². The molecule has 1 unspecified atom stereocenters. The van der Waals surface area contributed by atoms with Crippen LogP contribution in [0.3, 0.4) is 0 Å². The van der Waals surface area contributed by atoms with Crippen LogP contribution in [-0.2, 0) is 0 Å². The van der Waals surface area contributed by atoms with Crippen LogP contribution in [0.15, 0.2) is 24.5 Å². The zero-order valence-electron chi connectivity index (χ0n) is 8.39. The minimum atomic E-state index is 0.756. The van der Waals surface area contributed by atoms with Gasteiger partial charge < -0.3 is 4.90 Å². The Morgan fingerprint density at radius 1 is 1.29 bits per heavy atom. The molecule has 1 atom stereocenters. The first-order valence-electron chi connectivity index (χ1n) is 5.56. The van der Waals surface area contributed by atoms with Crippen LogP contribution in [0.1, 0.15) is 24.3 Å². The average molecular weight is 188 g/mol. The van der Waals surface area contributed by atoms with Gasteiger partial charge in [-0.3, -0.25) is 4.98 Å². The van der Waals surface area contributed by atoms with Crippen LogP contribution in [0.4, 0.5) is 0 Å². The number of rotatable bonds is 1. The summed E-state index contributed by atoms with van der Waals surface area (Å²) < 4.78 is 0. The molecule has 0 saturated carbocycles. The van der Waals surface area contributed by atoms with Gasteiger partial charge in [-0.2, -0.15) is 0 Å². The fourth-order valence-electron chi connectivity index (χ4n) is 2.94. The smallest absolute Gasteiger partial charge is 0.0303 e. The van der Waals surface area contributed by atoms with E-state index in [0.29, 0.717) is 0 Å². The molecule has 0 aromatic carbocycles. The Morgan fingerprint density at radius 2 is 2.14 bits per heavy atom. The lowest BCUT2D eigenvalue weighted by Crippen LogP contribution is -2.46. The molecule has 0 radical (unpaired) electrons. The van der Waals surface area contributed by atoms with Gasteiger partial charge in [-0.15, -0.1) is 0 Å². The van der Waals surface area contributed by atoms with Crippen LogP contribution >= 0.6 is 0 Å². The molecule has 0 aliphatic carbocycles. The van der Waals surface area contributed by atoms with Crippen molar-refractivity contribution in [1.82, 2.24) is 9.88 Å². The maximum Gasteiger partial charge on any atom is 0.0303 e. The molecule has 3 fully saturated rings. The highest BCUT2D eigenvalue weighted by Crippen LogP contribution is 2.38. The van der Waals surface area contributed by atoms with Crippen molar-refractivity contribution in [2.45, 2.75) is 18.8 Å². The lowest BCUT2D eigenvalue weighted by Gasteiger charge is -2.44. The third kappa shape index (κ3) is 1.34. The maximum atomic E-state index is 4.22. The van der Waals surface area contributed by atoms with E-state index in [1.165, 1.54) is 38.0 Å². The summed E-state index contributed by atoms with van der Waals surface area (Å²) >= 11 is 0. The SMILES string of the molecule is c1cncc(C2CN3CCC2CC3)c1. The standard InChI is InChI=1S/C12H16N2/c1-2-11(8-13-5-1)12-9-14-6-3-10(12)4-7-14/h1-2,5,8,10,12H,3-4,6-7,9H2. The molecular weight excluding hydrogens is 172 g/mol. The molecule has 1 aromatic rings. The summed E-state index contributed by atoms with van der Waals surface area (Å²) in [7, 11) is 0. The largest absolute Gasteiger partial charge is 0.303 e. The van der Waals surface area contributed by atoms with Gasteiger partial charge in [0.15, 0.2) is 0 Å². The molecule has 2 bridgehead atoms. The monoisotopic (exact) mass is 188 g/mol. The molecule has 1 aromatic heterocycles. The van der Waals surface area contributed by atoms with Gasteiger partial charge in [0.25, 0.3) is 0 Å². The van der Waals surface area contributed by atoms with E-state index in [1.807, 2.05) is 12.4 Å². The van der Waals surface area contributed by atoms with Crippen molar-refractivity contribution in [3.05, 3.63) is 30.1 Å². The summed E-state index contributed by atoms with van der Waals surface area (Å²) in [5.41, 5.74) is 1.45. The van der Waals surface area contributed by atoms with Crippen molar-refractivity contribution >= 4 is 0 Å². The predicted octanol–water partition coefficient (Wildman–Crippen LogP) is 1.89. The lowest BCUT2D eigenvalue weighted by atomic mass is 9.76. The summed E-state index contributed by atoms with van der Waals surface area (Å²) in [6.45, 7) is 3.90. The van der Waals surface area contributed by atoms with Gasteiger partial charge in [0.2, 0.25) is 0 Å². The van der Waals surface area contributed by atoms with E-state index >= 15 is 0 Å². The fraction of sp³-hybridized carbons (Fsp3) is 0.583. The van der Waals surface area contributed by atoms with Crippen LogP contribution in [0.2, 0.25) is 0 Å². The summed E-state index contributed by atoms with van der Waals surface area (Å²) in [5.74, 6) is 1.68. The molecule has 3 aliphatic heterocycles. The summed E-state index contributed by atoms with van der Waals surface area (Å²) in [6, 6.07) is 4.30. The Bertz CT molecular complexity index is 301. The maximum absolute atomic E-state index is 4.22. The summed E-state index contributed by atoms with van der Waals surface area (Å²) in [5, 5.41) is 0. The lowest BCUT2D eigenvalue weighted by molar-refractivity contribution is 0.0870. The van der Waals surface area contributed by atoms with E-state index < -0.39 is 0 Å². The van der Waals surface area contributed by atoms with Crippen molar-refractivity contribution in [2.24, 2.45) is 5.92 Å². The van der Waals surface area contributed by atoms with Gasteiger partial charge in [0, 0.05) is 24.9 Å². The number of hydrogen-bond donors (Lipinski definition) is 0. The second-order valence-corrected chi connectivity index (χ2v) is 4.53. The Hall–Kier alpha value is -0.890. The van der Waals surface area contributed by atoms with Gasteiger partial charge in [0.05, 0.1) is 0 Å². The normalized spacial score (nSPS) is 35.9. The third-order valence-corrected chi connectivity index (χ3v) is 3.77. The Morgan fingerprint density at radius 3 is 2.71 bits per heavy atom. The number of hydrogen-bond acceptors (Lipinski definition) is 2. The number of nitrogens with zero attached hydrogens (tertiary/aromatic N) is 2. The molecule has 4 rings (SSSR count). The number of pyridine rings is 1. The molecule has 2 heteroatoms. The van der Waals surface area contributed by atoms with Crippen LogP contribution in [0.25, 0.3) is 0 Å². The van der Waals surface area contributed by atoms with Gasteiger partial charge in [-0.1, -0.05) is 6.07 Å². The van der Waals surface area contributed by atoms with Crippen molar-refractivity contribution in [2.75, 3.05) is 19.6 Å². The first kappa shape index (κ1) is 8.42. The highest BCUT2D eigenvalue weighted by molar-refractivity contribution is 5.18. The first-order chi connectivity index (χ1) is 6.93. The van der Waals surface area contributed by atoms with Gasteiger partial charge >= 0.3 is 0 Å². The molecule has 4 heterocycles. The van der Waals surface area contributed by atoms with Crippen LogP contribution in [0.5, 0.6) is 0 Å². The van der Waals surface area contributed by atoms with Crippen molar-refractivity contribution < 1.29 is 0 Å². The Kier molecular flexibility index (Phi) is 2.02. The molecule has 74 valence electrons. The highest BCUT2D eigenvalue weighted by atomic mass is 15.1. The zero-order valence-corrected chi connectivity index (χ0v) is 8.39. The predicted molar refractivity (Wildman–Crippen MR) is 56.1 cm³/mol. The quantitative estimate of drug-likeness (QED) is 0.669. The molecule has 0 spiro atoms. The molecule has 2 nitrogen and oxygen atoms in total. The average Bonchev–Trinajstić information content (AvgIpc) is 2.32. The zero-order chi connectivity index (χ0) is 9.38. The topological polar surface area (TPSA) is 16.1 Å². The minimum absolute atomic E-state index is 0.756. The van der Waals surface area contributed by atoms with Crippen molar-refractivity contribution in [3.63, 3.8) is 0 Å². The Balaban J connectivity index is 1.86. The molecule has 0 amide bonds. The fourth-order valence-corrected chi connectivity index (χ4v) is 2.94. The van der Waals surface area contributed by atoms with Gasteiger partial charge in [-0.05, 0) is 43.5 Å². The third-order valence-electron chi connectivity index (χ3n) is 3.77. The molecule has 3 saturated heterocycles. The second kappa shape index (κ2) is 3.35. The van der Waals surface area contributed by atoms with Gasteiger partial charge in [0.1, 0.15) is 0 Å². The number of piperidine rings is 3. The summed E-state index contributed by atoms with van der Waals surface area (Å²) in [6.07, 6.45) is 6.69. The second-order valence-electron chi connectivity index (χ2n) is 4.53. The van der Waals surface area contributed by atoms with E-state index in [2.05, 4.69) is 22.0 Å². The first-order valence-corrected chi connectivity index (χ1v) is 5.56. The molecular formula is C12H16N2. The van der Waals surface area contributed by atoms with Crippen LogP contribution in [0, 0.1) is 5.92 Å².